The van der Waals surface area contributed by atoms with Crippen LogP contribution in [0.3, 0.4) is 0 Å². The molecule has 0 spiro atoms. The van der Waals surface area contributed by atoms with Crippen LogP contribution in [0.2, 0.25) is 0 Å². The van der Waals surface area contributed by atoms with Crippen LogP contribution in [-0.4, -0.2) is 36.5 Å². The summed E-state index contributed by atoms with van der Waals surface area (Å²) in [6.07, 6.45) is 0.370. The van der Waals surface area contributed by atoms with Crippen LogP contribution < -0.4 is 5.32 Å². The van der Waals surface area contributed by atoms with Crippen LogP contribution in [0.25, 0.3) is 10.8 Å². The highest BCUT2D eigenvalue weighted by Gasteiger charge is 2.43. The van der Waals surface area contributed by atoms with E-state index in [4.69, 9.17) is 0 Å². The highest BCUT2D eigenvalue weighted by molar-refractivity contribution is 7.89. The third-order valence-electron chi connectivity index (χ3n) is 4.91. The molecule has 1 fully saturated rings. The van der Waals surface area contributed by atoms with E-state index < -0.39 is 16.1 Å². The Bertz CT molecular complexity index is 1120. The van der Waals surface area contributed by atoms with Gasteiger partial charge in [-0.1, -0.05) is 48.5 Å². The summed E-state index contributed by atoms with van der Waals surface area (Å²) in [7, 11) is -3.83. The van der Waals surface area contributed by atoms with E-state index in [0.717, 1.165) is 10.8 Å². The highest BCUT2D eigenvalue weighted by atomic mass is 32.2. The van der Waals surface area contributed by atoms with Gasteiger partial charge in [-0.3, -0.25) is 4.79 Å². The summed E-state index contributed by atoms with van der Waals surface area (Å²) in [5, 5.41) is 4.42. The normalized spacial score (nSPS) is 20.3. The maximum atomic E-state index is 13.3. The summed E-state index contributed by atoms with van der Waals surface area (Å²) in [5.41, 5.74) is 0.637. The molecule has 1 aliphatic rings. The number of hydrogen-bond donors (Lipinski definition) is 2. The van der Waals surface area contributed by atoms with Crippen LogP contribution in [0, 0.1) is 0 Å². The van der Waals surface area contributed by atoms with E-state index in [2.05, 4.69) is 17.9 Å². The van der Waals surface area contributed by atoms with Crippen molar-refractivity contribution in [3.8, 4) is 0 Å². The quantitative estimate of drug-likeness (QED) is 0.644. The molecule has 28 heavy (non-hydrogen) atoms. The van der Waals surface area contributed by atoms with Crippen LogP contribution in [0.4, 0.5) is 5.69 Å². The fraction of sp³-hybridized carbons (Fsp3) is 0.190. The zero-order valence-corrected chi connectivity index (χ0v) is 16.7. The largest absolute Gasteiger partial charge is 0.325 e. The van der Waals surface area contributed by atoms with Gasteiger partial charge in [-0.2, -0.15) is 16.9 Å². The number of anilines is 1. The first-order valence-corrected chi connectivity index (χ1v) is 11.0. The number of carbonyl (C=O) groups excluding carboxylic acids is 1. The Morgan fingerprint density at radius 3 is 2.39 bits per heavy atom. The predicted molar refractivity (Wildman–Crippen MR) is 114 cm³/mol. The van der Waals surface area contributed by atoms with Crippen molar-refractivity contribution in [2.75, 3.05) is 11.9 Å². The molecule has 1 N–H and O–H groups in total. The number of thiol groups is 1. The topological polar surface area (TPSA) is 66.5 Å². The van der Waals surface area contributed by atoms with Gasteiger partial charge in [-0.15, -0.1) is 0 Å². The Hall–Kier alpha value is -2.35. The number of carbonyl (C=O) groups is 1. The van der Waals surface area contributed by atoms with Gasteiger partial charge in [-0.05, 0) is 41.5 Å². The minimum atomic E-state index is -3.83. The van der Waals surface area contributed by atoms with Gasteiger partial charge in [0.1, 0.15) is 6.04 Å². The number of benzene rings is 3. The van der Waals surface area contributed by atoms with Crippen molar-refractivity contribution in [3.05, 3.63) is 72.8 Å². The second kappa shape index (κ2) is 7.58. The molecule has 0 saturated carbocycles. The third kappa shape index (κ3) is 3.65. The number of amides is 1. The van der Waals surface area contributed by atoms with Crippen molar-refractivity contribution in [1.29, 1.82) is 0 Å². The van der Waals surface area contributed by atoms with Crippen LogP contribution in [0.15, 0.2) is 77.7 Å². The molecule has 0 bridgehead atoms. The lowest BCUT2D eigenvalue weighted by molar-refractivity contribution is -0.119. The number of fused-ring (bicyclic) bond motifs is 1. The second-order valence-electron chi connectivity index (χ2n) is 6.84. The van der Waals surface area contributed by atoms with Crippen molar-refractivity contribution >= 4 is 45.0 Å². The molecule has 3 aromatic rings. The maximum absolute atomic E-state index is 13.3. The molecule has 4 rings (SSSR count). The zero-order valence-electron chi connectivity index (χ0n) is 15.0. The molecule has 3 aromatic carbocycles. The molecule has 2 atom stereocenters. The van der Waals surface area contributed by atoms with Gasteiger partial charge >= 0.3 is 0 Å². The molecule has 0 radical (unpaired) electrons. The van der Waals surface area contributed by atoms with Crippen molar-refractivity contribution in [3.63, 3.8) is 0 Å². The lowest BCUT2D eigenvalue weighted by atomic mass is 10.1. The number of hydrogen-bond acceptors (Lipinski definition) is 4. The molecule has 144 valence electrons. The number of sulfonamides is 1. The SMILES string of the molecule is O=C(Nc1ccccc1)[C@@H]1C[C@H](S)CN1S(=O)(=O)c1ccc2ccccc2c1. The van der Waals surface area contributed by atoms with Crippen LogP contribution in [-0.2, 0) is 14.8 Å². The molecule has 0 aliphatic carbocycles. The lowest BCUT2D eigenvalue weighted by Gasteiger charge is -2.23. The van der Waals surface area contributed by atoms with Gasteiger partial charge in [0, 0.05) is 17.5 Å². The van der Waals surface area contributed by atoms with Crippen molar-refractivity contribution < 1.29 is 13.2 Å². The van der Waals surface area contributed by atoms with E-state index in [1.54, 1.807) is 30.3 Å². The fourth-order valence-corrected chi connectivity index (χ4v) is 5.66. The minimum Gasteiger partial charge on any atom is -0.325 e. The molecule has 1 saturated heterocycles. The molecule has 0 unspecified atom stereocenters. The molecular formula is C21H20N2O3S2. The fourth-order valence-electron chi connectivity index (χ4n) is 3.50. The molecule has 0 aromatic heterocycles. The average molecular weight is 413 g/mol. The van der Waals surface area contributed by atoms with Crippen LogP contribution in [0.5, 0.6) is 0 Å². The van der Waals surface area contributed by atoms with Gasteiger partial charge < -0.3 is 5.32 Å². The zero-order chi connectivity index (χ0) is 19.7. The van der Waals surface area contributed by atoms with Gasteiger partial charge in [0.2, 0.25) is 15.9 Å². The van der Waals surface area contributed by atoms with E-state index in [0.29, 0.717) is 12.1 Å². The summed E-state index contributed by atoms with van der Waals surface area (Å²) < 4.78 is 27.9. The van der Waals surface area contributed by atoms with Gasteiger partial charge in [0.25, 0.3) is 0 Å². The van der Waals surface area contributed by atoms with Gasteiger partial charge in [0.15, 0.2) is 0 Å². The van der Waals surface area contributed by atoms with Crippen molar-refractivity contribution in [2.45, 2.75) is 22.6 Å². The van der Waals surface area contributed by atoms with E-state index in [9.17, 15) is 13.2 Å². The lowest BCUT2D eigenvalue weighted by Crippen LogP contribution is -2.43. The highest BCUT2D eigenvalue weighted by Crippen LogP contribution is 2.31. The predicted octanol–water partition coefficient (Wildman–Crippen LogP) is 3.54. The summed E-state index contributed by atoms with van der Waals surface area (Å²) in [5.74, 6) is -0.341. The first-order valence-electron chi connectivity index (χ1n) is 9.00. The Balaban J connectivity index is 1.65. The molecule has 7 heteroatoms. The van der Waals surface area contributed by atoms with Gasteiger partial charge in [-0.25, -0.2) is 8.42 Å². The maximum Gasteiger partial charge on any atom is 0.243 e. The molecular weight excluding hydrogens is 392 g/mol. The monoisotopic (exact) mass is 412 g/mol. The van der Waals surface area contributed by atoms with E-state index in [-0.39, 0.29) is 22.6 Å². The first-order chi connectivity index (χ1) is 13.4. The van der Waals surface area contributed by atoms with Crippen molar-refractivity contribution in [2.24, 2.45) is 0 Å². The Kier molecular flexibility index (Phi) is 5.14. The summed E-state index contributed by atoms with van der Waals surface area (Å²) in [6, 6.07) is 20.9. The first kappa shape index (κ1) is 19.0. The molecule has 1 heterocycles. The van der Waals surface area contributed by atoms with Crippen LogP contribution >= 0.6 is 12.6 Å². The second-order valence-corrected chi connectivity index (χ2v) is 9.47. The number of rotatable bonds is 4. The number of nitrogens with one attached hydrogen (secondary N) is 1. The summed E-state index contributed by atoms with van der Waals surface area (Å²) in [6.45, 7) is 0.200. The summed E-state index contributed by atoms with van der Waals surface area (Å²) >= 11 is 4.45. The Morgan fingerprint density at radius 2 is 1.64 bits per heavy atom. The van der Waals surface area contributed by atoms with Gasteiger partial charge in [0.05, 0.1) is 4.90 Å². The standard InChI is InChI=1S/C21H20N2O3S2/c24-21(22-17-8-2-1-3-9-17)20-13-18(27)14-23(20)28(25,26)19-11-10-15-6-4-5-7-16(15)12-19/h1-12,18,20,27H,13-14H2,(H,22,24)/t18-,20-/m0/s1. The number of para-hydroxylation sites is 1. The van der Waals surface area contributed by atoms with Crippen molar-refractivity contribution in [1.82, 2.24) is 4.31 Å². The minimum absolute atomic E-state index is 0.186. The number of nitrogens with zero attached hydrogens (tertiary/aromatic N) is 1. The Morgan fingerprint density at radius 1 is 0.964 bits per heavy atom. The third-order valence-corrected chi connectivity index (χ3v) is 7.15. The van der Waals surface area contributed by atoms with Crippen LogP contribution in [0.1, 0.15) is 6.42 Å². The van der Waals surface area contributed by atoms with E-state index in [1.807, 2.05) is 42.5 Å². The molecule has 5 nitrogen and oxygen atoms in total. The molecule has 1 aliphatic heterocycles. The van der Waals surface area contributed by atoms with E-state index in [1.165, 1.54) is 4.31 Å². The summed E-state index contributed by atoms with van der Waals surface area (Å²) in [4.78, 5) is 13.0. The molecule has 1 amide bonds. The Labute approximate surface area is 169 Å². The smallest absolute Gasteiger partial charge is 0.243 e. The average Bonchev–Trinajstić information content (AvgIpc) is 3.11. The van der Waals surface area contributed by atoms with E-state index >= 15 is 0 Å².